The largest absolute Gasteiger partial charge is 0.507 e. The zero-order valence-electron chi connectivity index (χ0n) is 15.3. The number of hydrogen-bond donors (Lipinski definition) is 2. The number of carbonyl (C=O) groups excluding carboxylic acids is 1. The van der Waals surface area contributed by atoms with Crippen molar-refractivity contribution in [1.82, 2.24) is 5.32 Å². The van der Waals surface area contributed by atoms with E-state index in [1.54, 1.807) is 6.07 Å². The smallest absolute Gasteiger partial charge is 0.492 e. The van der Waals surface area contributed by atoms with Crippen LogP contribution >= 0.6 is 0 Å². The molecule has 24 heavy (non-hydrogen) atoms. The lowest BCUT2D eigenvalue weighted by Crippen LogP contribution is -2.41. The molecule has 2 rings (SSSR count). The van der Waals surface area contributed by atoms with Crippen LogP contribution < -0.4 is 5.32 Å². The molecule has 0 spiro atoms. The highest BCUT2D eigenvalue weighted by molar-refractivity contribution is 6.56. The molecule has 2 N–H and O–H groups in total. The molecule has 0 radical (unpaired) electrons. The van der Waals surface area contributed by atoms with Crippen LogP contribution in [0.1, 0.15) is 45.7 Å². The van der Waals surface area contributed by atoms with E-state index >= 15 is 0 Å². The van der Waals surface area contributed by atoms with Crippen molar-refractivity contribution in [2.24, 2.45) is 0 Å². The average molecular weight is 331 g/mol. The zero-order chi connectivity index (χ0) is 18.1. The van der Waals surface area contributed by atoms with Gasteiger partial charge in [0.15, 0.2) is 0 Å². The minimum absolute atomic E-state index is 0.133. The minimum Gasteiger partial charge on any atom is -0.507 e. The molecule has 1 aliphatic heterocycles. The van der Waals surface area contributed by atoms with Gasteiger partial charge in [0.05, 0.1) is 11.2 Å². The maximum absolute atomic E-state index is 11.3. The third-order valence-corrected chi connectivity index (χ3v) is 4.62. The second kappa shape index (κ2) is 6.61. The average Bonchev–Trinajstić information content (AvgIpc) is 2.66. The fourth-order valence-corrected chi connectivity index (χ4v) is 2.41. The molecule has 0 saturated carbocycles. The van der Waals surface area contributed by atoms with Crippen LogP contribution in [0, 0.1) is 6.92 Å². The molecular weight excluding hydrogens is 305 g/mol. The topological polar surface area (TPSA) is 67.8 Å². The van der Waals surface area contributed by atoms with E-state index in [1.807, 2.05) is 52.8 Å². The highest BCUT2D eigenvalue weighted by atomic mass is 16.7. The van der Waals surface area contributed by atoms with E-state index in [0.717, 1.165) is 11.0 Å². The van der Waals surface area contributed by atoms with Crippen molar-refractivity contribution in [3.8, 4) is 5.75 Å². The molecule has 0 unspecified atom stereocenters. The Morgan fingerprint density at radius 2 is 1.83 bits per heavy atom. The molecule has 0 aliphatic carbocycles. The summed E-state index contributed by atoms with van der Waals surface area (Å²) in [5.74, 6) is 0.0447. The third kappa shape index (κ3) is 4.00. The number of aromatic hydroxyl groups is 1. The lowest BCUT2D eigenvalue weighted by molar-refractivity contribution is -0.118. The van der Waals surface area contributed by atoms with Gasteiger partial charge in [0, 0.05) is 19.0 Å². The summed E-state index contributed by atoms with van der Waals surface area (Å²) in [6, 6.07) is 5.38. The molecular formula is C18H26BNO4. The number of phenolic OH excluding ortho intramolecular Hbond substituents is 1. The number of nitrogens with one attached hydrogen (secondary N) is 1. The highest BCUT2D eigenvalue weighted by Crippen LogP contribution is 2.39. The van der Waals surface area contributed by atoms with Gasteiger partial charge in [0.25, 0.3) is 0 Å². The van der Waals surface area contributed by atoms with Crippen LogP contribution in [0.2, 0.25) is 0 Å². The lowest BCUT2D eigenvalue weighted by Gasteiger charge is -2.32. The maximum Gasteiger partial charge on any atom is 0.492 e. The summed E-state index contributed by atoms with van der Waals surface area (Å²) < 4.78 is 12.2. The molecule has 0 bridgehead atoms. The molecule has 1 saturated heterocycles. The van der Waals surface area contributed by atoms with Crippen LogP contribution in [0.3, 0.4) is 0 Å². The van der Waals surface area contributed by atoms with Crippen LogP contribution in [0.25, 0.3) is 6.08 Å². The van der Waals surface area contributed by atoms with Gasteiger partial charge in [-0.15, -0.1) is 0 Å². The monoisotopic (exact) mass is 331 g/mol. The second-order valence-corrected chi connectivity index (χ2v) is 7.28. The summed E-state index contributed by atoms with van der Waals surface area (Å²) in [4.78, 5) is 11.3. The van der Waals surface area contributed by atoms with E-state index in [9.17, 15) is 9.90 Å². The first kappa shape index (κ1) is 18.6. The van der Waals surface area contributed by atoms with Crippen molar-refractivity contribution in [2.45, 2.75) is 52.7 Å². The summed E-state index contributed by atoms with van der Waals surface area (Å²) >= 11 is 0. The molecule has 1 aromatic carbocycles. The maximum atomic E-state index is 11.3. The van der Waals surface area contributed by atoms with E-state index < -0.39 is 18.3 Å². The zero-order valence-corrected chi connectivity index (χ0v) is 15.3. The van der Waals surface area contributed by atoms with E-state index in [4.69, 9.17) is 9.31 Å². The molecule has 1 fully saturated rings. The molecule has 1 heterocycles. The van der Waals surface area contributed by atoms with Crippen LogP contribution in [0.5, 0.6) is 5.75 Å². The minimum atomic E-state index is -0.582. The fraction of sp³-hybridized carbons (Fsp3) is 0.500. The summed E-state index contributed by atoms with van der Waals surface area (Å²) in [5.41, 5.74) is 1.52. The second-order valence-electron chi connectivity index (χ2n) is 7.28. The Labute approximate surface area is 144 Å². The molecule has 6 heteroatoms. The standard InChI is InChI=1S/C18H26BNO4/c1-12-7-8-16(22)14(9-12)10-15(11-20-13(2)21)19-23-17(3,4)18(5,6)24-19/h7-10,22H,11H2,1-6H3,(H,20,21). The SMILES string of the molecule is CC(=O)NCC(=Cc1cc(C)ccc1O)B1OC(C)(C)C(C)(C)O1. The van der Waals surface area contributed by atoms with Crippen LogP contribution in [0.15, 0.2) is 23.7 Å². The molecule has 1 aliphatic rings. The van der Waals surface area contributed by atoms with E-state index in [-0.39, 0.29) is 11.7 Å². The summed E-state index contributed by atoms with van der Waals surface area (Å²) in [6.07, 6.45) is 1.82. The number of rotatable bonds is 4. The van der Waals surface area contributed by atoms with E-state index in [1.165, 1.54) is 6.92 Å². The summed E-state index contributed by atoms with van der Waals surface area (Å²) in [5, 5.41) is 12.9. The Morgan fingerprint density at radius 1 is 1.25 bits per heavy atom. The summed E-state index contributed by atoms with van der Waals surface area (Å²) in [6.45, 7) is 11.6. The van der Waals surface area contributed by atoms with Crippen molar-refractivity contribution in [3.63, 3.8) is 0 Å². The van der Waals surface area contributed by atoms with Gasteiger partial charge in [-0.2, -0.15) is 0 Å². The van der Waals surface area contributed by atoms with Crippen molar-refractivity contribution in [2.75, 3.05) is 6.54 Å². The Balaban J connectivity index is 2.37. The Morgan fingerprint density at radius 3 is 2.38 bits per heavy atom. The van der Waals surface area contributed by atoms with Gasteiger partial charge in [0.2, 0.25) is 5.91 Å². The number of carbonyl (C=O) groups is 1. The van der Waals surface area contributed by atoms with Gasteiger partial charge in [-0.3, -0.25) is 4.79 Å². The number of hydrogen-bond acceptors (Lipinski definition) is 4. The molecule has 5 nitrogen and oxygen atoms in total. The van der Waals surface area contributed by atoms with Crippen molar-refractivity contribution >= 4 is 19.1 Å². The van der Waals surface area contributed by atoms with Crippen molar-refractivity contribution in [1.29, 1.82) is 0 Å². The Kier molecular flexibility index (Phi) is 5.11. The van der Waals surface area contributed by atoms with Gasteiger partial charge in [-0.25, -0.2) is 0 Å². The lowest BCUT2D eigenvalue weighted by atomic mass is 9.76. The summed E-state index contributed by atoms with van der Waals surface area (Å²) in [7, 11) is -0.582. The van der Waals surface area contributed by atoms with Crippen LogP contribution in [0.4, 0.5) is 0 Å². The Hall–Kier alpha value is -1.79. The quantitative estimate of drug-likeness (QED) is 0.833. The van der Waals surface area contributed by atoms with E-state index in [0.29, 0.717) is 12.1 Å². The van der Waals surface area contributed by atoms with Crippen molar-refractivity contribution in [3.05, 3.63) is 34.8 Å². The number of phenols is 1. The van der Waals surface area contributed by atoms with E-state index in [2.05, 4.69) is 5.32 Å². The van der Waals surface area contributed by atoms with Gasteiger partial charge in [0.1, 0.15) is 5.75 Å². The molecule has 0 atom stereocenters. The molecule has 1 aromatic rings. The fourth-order valence-electron chi connectivity index (χ4n) is 2.41. The molecule has 130 valence electrons. The first-order valence-corrected chi connectivity index (χ1v) is 8.12. The highest BCUT2D eigenvalue weighted by Gasteiger charge is 2.52. The van der Waals surface area contributed by atoms with Gasteiger partial charge >= 0.3 is 7.12 Å². The van der Waals surface area contributed by atoms with Crippen molar-refractivity contribution < 1.29 is 19.2 Å². The predicted molar refractivity (Wildman–Crippen MR) is 95.6 cm³/mol. The third-order valence-electron chi connectivity index (χ3n) is 4.62. The molecule has 1 amide bonds. The Bertz CT molecular complexity index is 651. The number of amides is 1. The van der Waals surface area contributed by atoms with Crippen LogP contribution in [-0.2, 0) is 14.1 Å². The predicted octanol–water partition coefficient (Wildman–Crippen LogP) is 2.85. The van der Waals surface area contributed by atoms with Crippen LogP contribution in [-0.4, -0.2) is 35.9 Å². The number of aryl methyl sites for hydroxylation is 1. The number of benzene rings is 1. The van der Waals surface area contributed by atoms with Gasteiger partial charge in [-0.1, -0.05) is 17.7 Å². The first-order chi connectivity index (χ1) is 11.0. The van der Waals surface area contributed by atoms with Gasteiger partial charge < -0.3 is 19.7 Å². The molecule has 0 aromatic heterocycles. The first-order valence-electron chi connectivity index (χ1n) is 8.12. The van der Waals surface area contributed by atoms with Gasteiger partial charge in [-0.05, 0) is 52.2 Å². The normalized spacial score (nSPS) is 19.4.